The van der Waals surface area contributed by atoms with E-state index in [1.807, 2.05) is 0 Å². The minimum absolute atomic E-state index is 0.106. The van der Waals surface area contributed by atoms with Crippen LogP contribution in [0.2, 0.25) is 0 Å². The Labute approximate surface area is 134 Å². The van der Waals surface area contributed by atoms with Crippen LogP contribution in [0.5, 0.6) is 5.75 Å². The highest BCUT2D eigenvalue weighted by atomic mass is 16.5. The molecule has 1 aliphatic carbocycles. The SMILES string of the molecule is COc1cccc2c1CCN(CCC1(N)CCCCC1)CC2. The number of nitrogens with zero attached hydrogens (tertiary/aromatic N) is 1. The summed E-state index contributed by atoms with van der Waals surface area (Å²) in [4.78, 5) is 2.60. The van der Waals surface area contributed by atoms with Crippen molar-refractivity contribution < 1.29 is 4.74 Å². The first kappa shape index (κ1) is 15.8. The molecule has 22 heavy (non-hydrogen) atoms. The maximum Gasteiger partial charge on any atom is 0.122 e. The van der Waals surface area contributed by atoms with E-state index in [1.54, 1.807) is 7.11 Å². The van der Waals surface area contributed by atoms with E-state index in [0.29, 0.717) is 0 Å². The van der Waals surface area contributed by atoms with Crippen molar-refractivity contribution in [3.8, 4) is 5.75 Å². The van der Waals surface area contributed by atoms with Crippen molar-refractivity contribution in [3.05, 3.63) is 29.3 Å². The molecule has 0 unspecified atom stereocenters. The lowest BCUT2D eigenvalue weighted by molar-refractivity contribution is 0.212. The second-order valence-electron chi connectivity index (χ2n) is 7.11. The van der Waals surface area contributed by atoms with Gasteiger partial charge in [0.05, 0.1) is 7.11 Å². The number of nitrogens with two attached hydrogens (primary N) is 1. The number of hydrogen-bond donors (Lipinski definition) is 1. The highest BCUT2D eigenvalue weighted by molar-refractivity contribution is 5.41. The summed E-state index contributed by atoms with van der Waals surface area (Å²) in [7, 11) is 1.78. The van der Waals surface area contributed by atoms with Gasteiger partial charge in [0, 0.05) is 18.6 Å². The molecule has 1 aromatic rings. The molecule has 3 heteroatoms. The van der Waals surface area contributed by atoms with Gasteiger partial charge >= 0.3 is 0 Å². The molecule has 3 rings (SSSR count). The van der Waals surface area contributed by atoms with E-state index in [-0.39, 0.29) is 5.54 Å². The molecule has 1 aliphatic heterocycles. The number of rotatable bonds is 4. The quantitative estimate of drug-likeness (QED) is 0.928. The molecule has 0 atom stereocenters. The summed E-state index contributed by atoms with van der Waals surface area (Å²) in [6, 6.07) is 6.46. The highest BCUT2D eigenvalue weighted by Gasteiger charge is 2.28. The van der Waals surface area contributed by atoms with Crippen LogP contribution in [-0.4, -0.2) is 37.2 Å². The maximum atomic E-state index is 6.60. The van der Waals surface area contributed by atoms with E-state index < -0.39 is 0 Å². The minimum atomic E-state index is 0.106. The molecule has 1 fully saturated rings. The zero-order chi connectivity index (χ0) is 15.4. The monoisotopic (exact) mass is 302 g/mol. The fourth-order valence-corrected chi connectivity index (χ4v) is 4.09. The van der Waals surface area contributed by atoms with Gasteiger partial charge in [-0.2, -0.15) is 0 Å². The van der Waals surface area contributed by atoms with Gasteiger partial charge in [0.25, 0.3) is 0 Å². The van der Waals surface area contributed by atoms with Crippen LogP contribution < -0.4 is 10.5 Å². The lowest BCUT2D eigenvalue weighted by Gasteiger charge is -2.35. The third-order valence-electron chi connectivity index (χ3n) is 5.60. The minimum Gasteiger partial charge on any atom is -0.496 e. The van der Waals surface area contributed by atoms with E-state index >= 15 is 0 Å². The van der Waals surface area contributed by atoms with E-state index in [0.717, 1.165) is 44.6 Å². The first-order valence-corrected chi connectivity index (χ1v) is 8.86. The summed E-state index contributed by atoms with van der Waals surface area (Å²) in [5, 5.41) is 0. The third-order valence-corrected chi connectivity index (χ3v) is 5.60. The Hall–Kier alpha value is -1.06. The molecule has 0 saturated heterocycles. The molecule has 1 saturated carbocycles. The normalized spacial score (nSPS) is 21.9. The molecular weight excluding hydrogens is 272 g/mol. The molecule has 2 aliphatic rings. The molecule has 2 N–H and O–H groups in total. The topological polar surface area (TPSA) is 38.5 Å². The first-order chi connectivity index (χ1) is 10.7. The van der Waals surface area contributed by atoms with Gasteiger partial charge in [-0.05, 0) is 55.8 Å². The lowest BCUT2D eigenvalue weighted by atomic mass is 9.80. The van der Waals surface area contributed by atoms with Gasteiger partial charge in [-0.25, -0.2) is 0 Å². The Kier molecular flexibility index (Phi) is 5.04. The van der Waals surface area contributed by atoms with Gasteiger partial charge in [0.1, 0.15) is 5.75 Å². The van der Waals surface area contributed by atoms with Crippen molar-refractivity contribution in [3.63, 3.8) is 0 Å². The summed E-state index contributed by atoms with van der Waals surface area (Å²) in [6.07, 6.45) is 9.82. The molecule has 0 radical (unpaired) electrons. The molecule has 0 bridgehead atoms. The number of methoxy groups -OCH3 is 1. The van der Waals surface area contributed by atoms with E-state index in [4.69, 9.17) is 10.5 Å². The summed E-state index contributed by atoms with van der Waals surface area (Å²) >= 11 is 0. The van der Waals surface area contributed by atoms with E-state index in [1.165, 1.54) is 43.2 Å². The second kappa shape index (κ2) is 7.01. The van der Waals surface area contributed by atoms with Crippen LogP contribution in [0.3, 0.4) is 0 Å². The Balaban J connectivity index is 1.58. The summed E-state index contributed by atoms with van der Waals surface area (Å²) in [6.45, 7) is 3.42. The Morgan fingerprint density at radius 3 is 2.68 bits per heavy atom. The summed E-state index contributed by atoms with van der Waals surface area (Å²) < 4.78 is 5.54. The van der Waals surface area contributed by atoms with Crippen molar-refractivity contribution in [2.75, 3.05) is 26.7 Å². The fraction of sp³-hybridized carbons (Fsp3) is 0.684. The second-order valence-corrected chi connectivity index (χ2v) is 7.11. The maximum absolute atomic E-state index is 6.60. The Bertz CT molecular complexity index is 494. The highest BCUT2D eigenvalue weighted by Crippen LogP contribution is 2.30. The van der Waals surface area contributed by atoms with Crippen LogP contribution >= 0.6 is 0 Å². The van der Waals surface area contributed by atoms with Crippen LogP contribution in [0.4, 0.5) is 0 Å². The number of hydrogen-bond acceptors (Lipinski definition) is 3. The standard InChI is InChI=1S/C19H30N2O/c1-22-18-7-5-6-16-8-13-21(14-9-17(16)18)15-12-19(20)10-3-2-4-11-19/h5-7H,2-4,8-15,20H2,1H3. The van der Waals surface area contributed by atoms with Gasteiger partial charge in [-0.1, -0.05) is 31.4 Å². The molecule has 0 spiro atoms. The molecule has 3 nitrogen and oxygen atoms in total. The molecule has 1 aromatic carbocycles. The zero-order valence-electron chi connectivity index (χ0n) is 13.9. The van der Waals surface area contributed by atoms with Crippen LogP contribution in [0.15, 0.2) is 18.2 Å². The average molecular weight is 302 g/mol. The zero-order valence-corrected chi connectivity index (χ0v) is 13.9. The van der Waals surface area contributed by atoms with Gasteiger partial charge in [-0.15, -0.1) is 0 Å². The molecular formula is C19H30N2O. The fourth-order valence-electron chi connectivity index (χ4n) is 4.09. The summed E-state index contributed by atoms with van der Waals surface area (Å²) in [5.74, 6) is 1.06. The van der Waals surface area contributed by atoms with Crippen LogP contribution in [0.25, 0.3) is 0 Å². The van der Waals surface area contributed by atoms with Crippen molar-refractivity contribution >= 4 is 0 Å². The number of ether oxygens (including phenoxy) is 1. The average Bonchev–Trinajstić information content (AvgIpc) is 2.76. The molecule has 0 amide bonds. The van der Waals surface area contributed by atoms with Crippen molar-refractivity contribution in [2.45, 2.75) is 56.9 Å². The lowest BCUT2D eigenvalue weighted by Crippen LogP contribution is -2.45. The van der Waals surface area contributed by atoms with Crippen LogP contribution in [-0.2, 0) is 12.8 Å². The van der Waals surface area contributed by atoms with E-state index in [2.05, 4.69) is 23.1 Å². The largest absolute Gasteiger partial charge is 0.496 e. The van der Waals surface area contributed by atoms with Crippen molar-refractivity contribution in [2.24, 2.45) is 5.73 Å². The third kappa shape index (κ3) is 3.64. The predicted octanol–water partition coefficient (Wildman–Crippen LogP) is 3.15. The van der Waals surface area contributed by atoms with E-state index in [9.17, 15) is 0 Å². The van der Waals surface area contributed by atoms with Gasteiger partial charge in [0.15, 0.2) is 0 Å². The Morgan fingerprint density at radius 2 is 1.91 bits per heavy atom. The number of benzene rings is 1. The molecule has 1 heterocycles. The van der Waals surface area contributed by atoms with Crippen LogP contribution in [0, 0.1) is 0 Å². The van der Waals surface area contributed by atoms with Crippen molar-refractivity contribution in [1.29, 1.82) is 0 Å². The van der Waals surface area contributed by atoms with Gasteiger partial charge in [0.2, 0.25) is 0 Å². The number of fused-ring (bicyclic) bond motifs is 1. The van der Waals surface area contributed by atoms with Crippen molar-refractivity contribution in [1.82, 2.24) is 4.90 Å². The Morgan fingerprint density at radius 1 is 1.14 bits per heavy atom. The molecule has 122 valence electrons. The van der Waals surface area contributed by atoms with Gasteiger partial charge in [-0.3, -0.25) is 0 Å². The predicted molar refractivity (Wildman–Crippen MR) is 91.5 cm³/mol. The first-order valence-electron chi connectivity index (χ1n) is 8.86. The molecule has 0 aromatic heterocycles. The van der Waals surface area contributed by atoms with Crippen LogP contribution in [0.1, 0.15) is 49.7 Å². The summed E-state index contributed by atoms with van der Waals surface area (Å²) in [5.41, 5.74) is 9.57. The smallest absolute Gasteiger partial charge is 0.122 e. The van der Waals surface area contributed by atoms with Gasteiger partial charge < -0.3 is 15.4 Å².